The summed E-state index contributed by atoms with van der Waals surface area (Å²) in [5, 5.41) is 6.45. The zero-order chi connectivity index (χ0) is 22.0. The molecule has 0 atom stereocenters. The minimum absolute atomic E-state index is 0. The molecule has 1 saturated carbocycles. The molecule has 2 fully saturated rings. The molecule has 1 heterocycles. The van der Waals surface area contributed by atoms with Crippen LogP contribution in [0.3, 0.4) is 0 Å². The molecule has 0 bridgehead atoms. The molecule has 1 saturated heterocycles. The predicted octanol–water partition coefficient (Wildman–Crippen LogP) is 2.46. The predicted molar refractivity (Wildman–Crippen MR) is 126 cm³/mol. The normalized spacial score (nSPS) is 20.0. The number of amides is 1. The third-order valence-corrected chi connectivity index (χ3v) is 5.77. The van der Waals surface area contributed by atoms with Crippen molar-refractivity contribution in [1.29, 1.82) is 0 Å². The number of hydrogen-bond acceptors (Lipinski definition) is 4. The first-order chi connectivity index (χ1) is 14.2. The van der Waals surface area contributed by atoms with E-state index in [1.807, 2.05) is 6.92 Å². The van der Waals surface area contributed by atoms with Crippen LogP contribution in [0.15, 0.2) is 4.99 Å². The summed E-state index contributed by atoms with van der Waals surface area (Å²) in [6.45, 7) is 6.06. The molecule has 2 rings (SSSR count). The number of aliphatic imine (C=N–C) groups is 1. The highest BCUT2D eigenvalue weighted by Crippen LogP contribution is 2.36. The second-order valence-electron chi connectivity index (χ2n) is 8.36. The Morgan fingerprint density at radius 1 is 1.16 bits per heavy atom. The lowest BCUT2D eigenvalue weighted by atomic mass is 9.73. The number of guanidine groups is 1. The van der Waals surface area contributed by atoms with Gasteiger partial charge in [-0.15, -0.1) is 24.0 Å². The summed E-state index contributed by atoms with van der Waals surface area (Å²) in [4.78, 5) is 19.4. The van der Waals surface area contributed by atoms with Gasteiger partial charge >= 0.3 is 6.18 Å². The largest absolute Gasteiger partial charge is 0.406 e. The van der Waals surface area contributed by atoms with Crippen molar-refractivity contribution in [2.45, 2.75) is 45.2 Å². The van der Waals surface area contributed by atoms with Crippen LogP contribution in [-0.2, 0) is 9.53 Å². The van der Waals surface area contributed by atoms with Crippen LogP contribution in [0.4, 0.5) is 13.2 Å². The molecular weight excluding hydrogens is 526 g/mol. The second kappa shape index (κ2) is 13.7. The average Bonchev–Trinajstić information content (AvgIpc) is 2.70. The molecule has 0 aromatic carbocycles. The highest BCUT2D eigenvalue weighted by atomic mass is 127. The van der Waals surface area contributed by atoms with E-state index in [1.165, 1.54) is 19.3 Å². The van der Waals surface area contributed by atoms with E-state index in [1.54, 1.807) is 0 Å². The standard InChI is InChI=1S/C20H36F3N5O2.HI/c1-3-24-18(25-13-17(29)27(2)16-20(21,22)23)26-14-19(7-5-4-6-8-19)15-28-9-11-30-12-10-28;/h3-16H2,1-2H3,(H2,24,25,26);1H. The quantitative estimate of drug-likeness (QED) is 0.270. The maximum atomic E-state index is 12.5. The number of hydrogen-bond donors (Lipinski definition) is 2. The van der Waals surface area contributed by atoms with Gasteiger partial charge in [0.1, 0.15) is 13.1 Å². The maximum Gasteiger partial charge on any atom is 0.406 e. The number of halogens is 4. The molecule has 11 heteroatoms. The molecule has 0 unspecified atom stereocenters. The lowest BCUT2D eigenvalue weighted by Gasteiger charge is -2.42. The minimum Gasteiger partial charge on any atom is -0.379 e. The van der Waals surface area contributed by atoms with Gasteiger partial charge in [0.25, 0.3) is 0 Å². The molecule has 2 aliphatic rings. The first kappa shape index (κ1) is 28.2. The summed E-state index contributed by atoms with van der Waals surface area (Å²) in [7, 11) is 1.14. The molecule has 1 amide bonds. The Labute approximate surface area is 200 Å². The topological polar surface area (TPSA) is 69.2 Å². The molecule has 182 valence electrons. The second-order valence-corrected chi connectivity index (χ2v) is 8.36. The van der Waals surface area contributed by atoms with E-state index in [0.717, 1.165) is 59.3 Å². The van der Waals surface area contributed by atoms with E-state index < -0.39 is 18.6 Å². The summed E-state index contributed by atoms with van der Waals surface area (Å²) in [6, 6.07) is 0. The van der Waals surface area contributed by atoms with Crippen LogP contribution in [0.5, 0.6) is 0 Å². The lowest BCUT2D eigenvalue weighted by Crippen LogP contribution is -2.51. The number of nitrogens with zero attached hydrogens (tertiary/aromatic N) is 3. The molecule has 0 aromatic rings. The molecule has 31 heavy (non-hydrogen) atoms. The Balaban J connectivity index is 0.00000480. The summed E-state index contributed by atoms with van der Waals surface area (Å²) >= 11 is 0. The zero-order valence-corrected chi connectivity index (χ0v) is 20.9. The fourth-order valence-corrected chi connectivity index (χ4v) is 4.16. The maximum absolute atomic E-state index is 12.5. The third-order valence-electron chi connectivity index (χ3n) is 5.77. The first-order valence-corrected chi connectivity index (χ1v) is 10.9. The number of alkyl halides is 3. The Morgan fingerprint density at radius 2 is 1.81 bits per heavy atom. The number of carbonyl (C=O) groups excluding carboxylic acids is 1. The summed E-state index contributed by atoms with van der Waals surface area (Å²) < 4.78 is 42.9. The van der Waals surface area contributed by atoms with Gasteiger partial charge < -0.3 is 20.3 Å². The van der Waals surface area contributed by atoms with Crippen molar-refractivity contribution in [2.24, 2.45) is 10.4 Å². The van der Waals surface area contributed by atoms with Crippen LogP contribution in [0.25, 0.3) is 0 Å². The van der Waals surface area contributed by atoms with Crippen LogP contribution in [0.1, 0.15) is 39.0 Å². The van der Waals surface area contributed by atoms with Gasteiger partial charge in [0, 0.05) is 45.2 Å². The summed E-state index contributed by atoms with van der Waals surface area (Å²) in [5.74, 6) is -0.191. The Kier molecular flexibility index (Phi) is 12.4. The van der Waals surface area contributed by atoms with Crippen LogP contribution < -0.4 is 10.6 Å². The fourth-order valence-electron chi connectivity index (χ4n) is 4.16. The van der Waals surface area contributed by atoms with Crippen molar-refractivity contribution in [3.05, 3.63) is 0 Å². The van der Waals surface area contributed by atoms with E-state index >= 15 is 0 Å². The number of morpholine rings is 1. The smallest absolute Gasteiger partial charge is 0.379 e. The zero-order valence-electron chi connectivity index (χ0n) is 18.6. The molecule has 0 spiro atoms. The number of nitrogens with one attached hydrogen (secondary N) is 2. The molecule has 0 aromatic heterocycles. The Bertz CT molecular complexity index is 566. The summed E-state index contributed by atoms with van der Waals surface area (Å²) in [5.41, 5.74) is 0.128. The average molecular weight is 563 g/mol. The van der Waals surface area contributed by atoms with Crippen LogP contribution in [0.2, 0.25) is 0 Å². The number of carbonyl (C=O) groups is 1. The summed E-state index contributed by atoms with van der Waals surface area (Å²) in [6.07, 6.45) is 1.48. The van der Waals surface area contributed by atoms with E-state index in [0.29, 0.717) is 17.4 Å². The van der Waals surface area contributed by atoms with E-state index in [-0.39, 0.29) is 35.9 Å². The van der Waals surface area contributed by atoms with E-state index in [4.69, 9.17) is 4.74 Å². The molecule has 0 radical (unpaired) electrons. The third kappa shape index (κ3) is 10.6. The molecule has 1 aliphatic heterocycles. The van der Waals surface area contributed by atoms with Gasteiger partial charge in [-0.1, -0.05) is 19.3 Å². The molecule has 7 nitrogen and oxygen atoms in total. The van der Waals surface area contributed by atoms with Crippen molar-refractivity contribution in [2.75, 3.05) is 66.1 Å². The Hall–Kier alpha value is -0.820. The van der Waals surface area contributed by atoms with Gasteiger partial charge in [0.2, 0.25) is 5.91 Å². The van der Waals surface area contributed by atoms with Crippen molar-refractivity contribution in [3.63, 3.8) is 0 Å². The number of rotatable bonds is 8. The molecule has 1 aliphatic carbocycles. The van der Waals surface area contributed by atoms with E-state index in [2.05, 4.69) is 20.5 Å². The monoisotopic (exact) mass is 563 g/mol. The highest BCUT2D eigenvalue weighted by molar-refractivity contribution is 14.0. The minimum atomic E-state index is -4.41. The van der Waals surface area contributed by atoms with Crippen molar-refractivity contribution < 1.29 is 22.7 Å². The van der Waals surface area contributed by atoms with Crippen LogP contribution >= 0.6 is 24.0 Å². The van der Waals surface area contributed by atoms with Crippen LogP contribution in [-0.4, -0.2) is 93.9 Å². The SMILES string of the molecule is CCNC(=NCC(=O)N(C)CC(F)(F)F)NCC1(CN2CCOCC2)CCCCC1.I. The lowest BCUT2D eigenvalue weighted by molar-refractivity contribution is -0.157. The number of ether oxygens (including phenoxy) is 1. The van der Waals surface area contributed by atoms with E-state index in [9.17, 15) is 18.0 Å². The first-order valence-electron chi connectivity index (χ1n) is 10.9. The number of likely N-dealkylation sites (N-methyl/N-ethyl adjacent to an activating group) is 1. The van der Waals surface area contributed by atoms with Crippen molar-refractivity contribution >= 4 is 35.8 Å². The van der Waals surface area contributed by atoms with Crippen LogP contribution in [0, 0.1) is 5.41 Å². The van der Waals surface area contributed by atoms with Gasteiger partial charge in [0.15, 0.2) is 5.96 Å². The van der Waals surface area contributed by atoms with Gasteiger partial charge in [-0.3, -0.25) is 9.69 Å². The van der Waals surface area contributed by atoms with Gasteiger partial charge in [-0.05, 0) is 19.8 Å². The molecule has 2 N–H and O–H groups in total. The fraction of sp³-hybridized carbons (Fsp3) is 0.900. The van der Waals surface area contributed by atoms with Gasteiger partial charge in [0.05, 0.1) is 13.2 Å². The van der Waals surface area contributed by atoms with Crippen molar-refractivity contribution in [1.82, 2.24) is 20.4 Å². The van der Waals surface area contributed by atoms with Gasteiger partial charge in [-0.25, -0.2) is 4.99 Å². The van der Waals surface area contributed by atoms with Gasteiger partial charge in [-0.2, -0.15) is 13.2 Å². The Morgan fingerprint density at radius 3 is 2.39 bits per heavy atom. The highest BCUT2D eigenvalue weighted by Gasteiger charge is 2.35. The molecular formula is C20H37F3IN5O2. The van der Waals surface area contributed by atoms with Crippen molar-refractivity contribution in [3.8, 4) is 0 Å².